The normalized spacial score (nSPS) is 14.5. The van der Waals surface area contributed by atoms with Gasteiger partial charge in [0.2, 0.25) is 5.91 Å². The van der Waals surface area contributed by atoms with Gasteiger partial charge in [-0.15, -0.1) is 0 Å². The molecule has 202 valence electrons. The zero-order valence-electron chi connectivity index (χ0n) is 23.0. The number of amides is 2. The predicted octanol–water partition coefficient (Wildman–Crippen LogP) is 6.74. The first-order valence-electron chi connectivity index (χ1n) is 14.3. The number of rotatable bonds is 7. The molecule has 0 radical (unpaired) electrons. The van der Waals surface area contributed by atoms with E-state index < -0.39 is 0 Å². The van der Waals surface area contributed by atoms with Crippen LogP contribution in [0.15, 0.2) is 97.1 Å². The Bertz CT molecular complexity index is 1460. The summed E-state index contributed by atoms with van der Waals surface area (Å²) >= 11 is 0. The number of hydrogen-bond acceptors (Lipinski definition) is 3. The number of piperazine rings is 1. The maximum absolute atomic E-state index is 13.8. The van der Waals surface area contributed by atoms with Crippen LogP contribution in [0.4, 0.5) is 11.4 Å². The van der Waals surface area contributed by atoms with Gasteiger partial charge in [-0.25, -0.2) is 0 Å². The predicted molar refractivity (Wildman–Crippen MR) is 162 cm³/mol. The van der Waals surface area contributed by atoms with Crippen molar-refractivity contribution in [2.75, 3.05) is 36.4 Å². The topological polar surface area (TPSA) is 52.7 Å². The summed E-state index contributed by atoms with van der Waals surface area (Å²) in [7, 11) is 0. The van der Waals surface area contributed by atoms with Crippen LogP contribution in [0, 0.1) is 0 Å². The molecule has 0 aromatic heterocycles. The number of benzene rings is 4. The van der Waals surface area contributed by atoms with E-state index in [0.717, 1.165) is 54.9 Å². The Balaban J connectivity index is 1.06. The first-order chi connectivity index (χ1) is 19.6. The highest BCUT2D eigenvalue weighted by Crippen LogP contribution is 2.45. The Labute approximate surface area is 236 Å². The van der Waals surface area contributed by atoms with E-state index in [4.69, 9.17) is 0 Å². The molecule has 4 aromatic rings. The summed E-state index contributed by atoms with van der Waals surface area (Å²) in [6, 6.07) is 32.5. The Kier molecular flexibility index (Phi) is 7.37. The first kappa shape index (κ1) is 25.9. The second-order valence-corrected chi connectivity index (χ2v) is 10.7. The lowest BCUT2D eigenvalue weighted by Crippen LogP contribution is -2.50. The fourth-order valence-corrected chi connectivity index (χ4v) is 5.95. The summed E-state index contributed by atoms with van der Waals surface area (Å²) < 4.78 is 0. The molecule has 1 saturated heterocycles. The average molecular weight is 530 g/mol. The summed E-state index contributed by atoms with van der Waals surface area (Å²) in [4.78, 5) is 30.8. The third-order valence-electron chi connectivity index (χ3n) is 8.20. The van der Waals surface area contributed by atoms with Crippen LogP contribution < -0.4 is 10.2 Å². The zero-order chi connectivity index (χ0) is 27.5. The largest absolute Gasteiger partial charge is 0.368 e. The van der Waals surface area contributed by atoms with E-state index in [2.05, 4.69) is 41.4 Å². The Morgan fingerprint density at radius 3 is 1.95 bits per heavy atom. The van der Waals surface area contributed by atoms with Crippen LogP contribution in [0.1, 0.15) is 52.7 Å². The highest BCUT2D eigenvalue weighted by Gasteiger charge is 2.36. The van der Waals surface area contributed by atoms with Crippen LogP contribution in [0.2, 0.25) is 0 Å². The maximum atomic E-state index is 13.8. The number of anilines is 2. The van der Waals surface area contributed by atoms with Crippen LogP contribution in [-0.4, -0.2) is 42.9 Å². The number of carbonyl (C=O) groups is 2. The standard InChI is InChI=1S/C35H35N3O2/c1-2-3-8-25-13-15-26(16-14-25)34(39)36-27-17-19-28(20-18-27)37-21-23-38(24-22-37)35(40)33-31-11-6-4-9-29(31)30-10-5-7-12-32(30)33/h4-7,9-20,33H,2-3,8,21-24H2,1H3,(H,36,39). The van der Waals surface area contributed by atoms with Gasteiger partial charge in [0.05, 0.1) is 5.92 Å². The van der Waals surface area contributed by atoms with Crippen molar-refractivity contribution in [3.8, 4) is 11.1 Å². The Morgan fingerprint density at radius 1 is 0.750 bits per heavy atom. The van der Waals surface area contributed by atoms with Crippen molar-refractivity contribution in [1.29, 1.82) is 0 Å². The molecule has 5 nitrogen and oxygen atoms in total. The van der Waals surface area contributed by atoms with E-state index >= 15 is 0 Å². The number of fused-ring (bicyclic) bond motifs is 3. The van der Waals surface area contributed by atoms with Crippen molar-refractivity contribution >= 4 is 23.2 Å². The van der Waals surface area contributed by atoms with Gasteiger partial charge in [0, 0.05) is 43.1 Å². The van der Waals surface area contributed by atoms with Gasteiger partial charge in [0.1, 0.15) is 0 Å². The van der Waals surface area contributed by atoms with Gasteiger partial charge in [0.25, 0.3) is 5.91 Å². The average Bonchev–Trinajstić information content (AvgIpc) is 3.35. The summed E-state index contributed by atoms with van der Waals surface area (Å²) in [5.41, 5.74) is 8.37. The van der Waals surface area contributed by atoms with Crippen LogP contribution in [0.3, 0.4) is 0 Å². The summed E-state index contributed by atoms with van der Waals surface area (Å²) in [6.45, 7) is 5.11. The van der Waals surface area contributed by atoms with Gasteiger partial charge in [-0.3, -0.25) is 9.59 Å². The SMILES string of the molecule is CCCCc1ccc(C(=O)Nc2ccc(N3CCN(C(=O)C4c5ccccc5-c5ccccc54)CC3)cc2)cc1. The maximum Gasteiger partial charge on any atom is 0.255 e. The van der Waals surface area contributed by atoms with E-state index in [1.165, 1.54) is 16.7 Å². The molecular formula is C35H35N3O2. The number of nitrogens with zero attached hydrogens (tertiary/aromatic N) is 2. The highest BCUT2D eigenvalue weighted by atomic mass is 16.2. The first-order valence-corrected chi connectivity index (χ1v) is 14.3. The Hall–Kier alpha value is -4.38. The Morgan fingerprint density at radius 2 is 1.35 bits per heavy atom. The minimum Gasteiger partial charge on any atom is -0.368 e. The van der Waals surface area contributed by atoms with E-state index in [1.54, 1.807) is 0 Å². The van der Waals surface area contributed by atoms with Gasteiger partial charge >= 0.3 is 0 Å². The molecule has 1 aliphatic carbocycles. The number of carbonyl (C=O) groups excluding carboxylic acids is 2. The molecule has 1 fully saturated rings. The smallest absolute Gasteiger partial charge is 0.255 e. The quantitative estimate of drug-likeness (QED) is 0.288. The van der Waals surface area contributed by atoms with Gasteiger partial charge in [0.15, 0.2) is 0 Å². The minimum atomic E-state index is -0.227. The highest BCUT2D eigenvalue weighted by molar-refractivity contribution is 6.04. The fraction of sp³-hybridized carbons (Fsp3) is 0.257. The molecule has 4 aromatic carbocycles. The van der Waals surface area contributed by atoms with Crippen molar-refractivity contribution < 1.29 is 9.59 Å². The molecule has 2 amide bonds. The second kappa shape index (κ2) is 11.4. The molecule has 1 N–H and O–H groups in total. The molecule has 40 heavy (non-hydrogen) atoms. The fourth-order valence-electron chi connectivity index (χ4n) is 5.95. The summed E-state index contributed by atoms with van der Waals surface area (Å²) in [6.07, 6.45) is 3.37. The van der Waals surface area contributed by atoms with Gasteiger partial charge in [-0.2, -0.15) is 0 Å². The third-order valence-corrected chi connectivity index (χ3v) is 8.20. The summed E-state index contributed by atoms with van der Waals surface area (Å²) in [5, 5.41) is 3.01. The molecule has 0 unspecified atom stereocenters. The molecule has 5 heteroatoms. The lowest BCUT2D eigenvalue weighted by molar-refractivity contribution is -0.132. The molecule has 2 aliphatic rings. The monoisotopic (exact) mass is 529 g/mol. The van der Waals surface area contributed by atoms with Crippen LogP contribution in [0.5, 0.6) is 0 Å². The van der Waals surface area contributed by atoms with Gasteiger partial charge in [-0.1, -0.05) is 74.0 Å². The van der Waals surface area contributed by atoms with Crippen molar-refractivity contribution in [3.63, 3.8) is 0 Å². The van der Waals surface area contributed by atoms with Crippen LogP contribution >= 0.6 is 0 Å². The minimum absolute atomic E-state index is 0.100. The number of aryl methyl sites for hydroxylation is 1. The molecule has 6 rings (SSSR count). The zero-order valence-corrected chi connectivity index (χ0v) is 23.0. The van der Waals surface area contributed by atoms with Crippen LogP contribution in [0.25, 0.3) is 11.1 Å². The molecule has 0 saturated carbocycles. The van der Waals surface area contributed by atoms with E-state index in [9.17, 15) is 9.59 Å². The van der Waals surface area contributed by atoms with Gasteiger partial charge in [-0.05, 0) is 77.1 Å². The van der Waals surface area contributed by atoms with Crippen molar-refractivity contribution in [3.05, 3.63) is 119 Å². The molecule has 1 aliphatic heterocycles. The third kappa shape index (κ3) is 5.12. The lowest BCUT2D eigenvalue weighted by Gasteiger charge is -2.37. The number of unbranched alkanes of at least 4 members (excludes halogenated alkanes) is 1. The molecular weight excluding hydrogens is 494 g/mol. The molecule has 1 heterocycles. The van der Waals surface area contributed by atoms with E-state index in [-0.39, 0.29) is 17.7 Å². The number of hydrogen-bond donors (Lipinski definition) is 1. The molecule has 0 bridgehead atoms. The summed E-state index contributed by atoms with van der Waals surface area (Å²) in [5.74, 6) is -0.139. The van der Waals surface area contributed by atoms with Crippen molar-refractivity contribution in [2.24, 2.45) is 0 Å². The molecule has 0 spiro atoms. The van der Waals surface area contributed by atoms with Crippen molar-refractivity contribution in [2.45, 2.75) is 32.1 Å². The second-order valence-electron chi connectivity index (χ2n) is 10.7. The molecule has 0 atom stereocenters. The van der Waals surface area contributed by atoms with E-state index in [1.807, 2.05) is 77.7 Å². The van der Waals surface area contributed by atoms with Crippen LogP contribution in [-0.2, 0) is 11.2 Å². The number of nitrogens with one attached hydrogen (secondary N) is 1. The van der Waals surface area contributed by atoms with Gasteiger partial charge < -0.3 is 15.1 Å². The van der Waals surface area contributed by atoms with E-state index in [0.29, 0.717) is 18.7 Å². The lowest BCUT2D eigenvalue weighted by atomic mass is 9.95. The van der Waals surface area contributed by atoms with Crippen molar-refractivity contribution in [1.82, 2.24) is 4.90 Å².